The zero-order valence-corrected chi connectivity index (χ0v) is 10.4. The van der Waals surface area contributed by atoms with Crippen LogP contribution in [-0.4, -0.2) is 11.0 Å². The number of anilines is 1. The lowest BCUT2D eigenvalue weighted by molar-refractivity contribution is -0.137. The molecule has 0 spiro atoms. The molecule has 7 heteroatoms. The molecule has 0 aromatic heterocycles. The van der Waals surface area contributed by atoms with E-state index in [9.17, 15) is 27.5 Å². The van der Waals surface area contributed by atoms with Crippen LogP contribution in [0, 0.1) is 5.82 Å². The second kappa shape index (κ2) is 5.43. The monoisotopic (exact) mass is 299 g/mol. The van der Waals surface area contributed by atoms with Crippen LogP contribution in [0.25, 0.3) is 0 Å². The Morgan fingerprint density at radius 3 is 2.19 bits per heavy atom. The smallest absolute Gasteiger partial charge is 0.416 e. The van der Waals surface area contributed by atoms with Gasteiger partial charge >= 0.3 is 6.18 Å². The van der Waals surface area contributed by atoms with Gasteiger partial charge in [0.05, 0.1) is 11.1 Å². The molecule has 110 valence electrons. The largest absolute Gasteiger partial charge is 0.507 e. The van der Waals surface area contributed by atoms with Gasteiger partial charge in [0.25, 0.3) is 5.91 Å². The summed E-state index contributed by atoms with van der Waals surface area (Å²) in [6.45, 7) is 0. The number of phenolic OH excluding ortho intramolecular Hbond substituents is 1. The zero-order valence-electron chi connectivity index (χ0n) is 10.4. The van der Waals surface area contributed by atoms with E-state index in [0.29, 0.717) is 0 Å². The minimum Gasteiger partial charge on any atom is -0.507 e. The maximum absolute atomic E-state index is 12.8. The Kier molecular flexibility index (Phi) is 3.84. The number of phenols is 1. The summed E-state index contributed by atoms with van der Waals surface area (Å²) in [7, 11) is 0. The number of carbonyl (C=O) groups excluding carboxylic acids is 1. The third-order valence-electron chi connectivity index (χ3n) is 2.67. The van der Waals surface area contributed by atoms with Gasteiger partial charge in [-0.25, -0.2) is 4.39 Å². The van der Waals surface area contributed by atoms with E-state index in [0.717, 1.165) is 42.5 Å². The average molecular weight is 299 g/mol. The van der Waals surface area contributed by atoms with E-state index < -0.39 is 29.2 Å². The van der Waals surface area contributed by atoms with Crippen LogP contribution in [0.1, 0.15) is 15.9 Å². The fourth-order valence-corrected chi connectivity index (χ4v) is 1.64. The molecule has 0 aliphatic rings. The molecule has 0 atom stereocenters. The molecule has 3 nitrogen and oxygen atoms in total. The van der Waals surface area contributed by atoms with Gasteiger partial charge in [0.2, 0.25) is 0 Å². The Balaban J connectivity index is 2.16. The minimum atomic E-state index is -4.46. The number of carbonyl (C=O) groups is 1. The van der Waals surface area contributed by atoms with E-state index in [1.54, 1.807) is 0 Å². The van der Waals surface area contributed by atoms with E-state index in [-0.39, 0.29) is 11.3 Å². The van der Waals surface area contributed by atoms with Crippen molar-refractivity contribution in [2.45, 2.75) is 6.18 Å². The molecule has 0 saturated carbocycles. The van der Waals surface area contributed by atoms with Gasteiger partial charge in [-0.15, -0.1) is 0 Å². The molecule has 21 heavy (non-hydrogen) atoms. The number of aromatic hydroxyl groups is 1. The molecule has 0 radical (unpaired) electrons. The highest BCUT2D eigenvalue weighted by molar-refractivity contribution is 6.06. The number of benzene rings is 2. The minimum absolute atomic E-state index is 0.122. The van der Waals surface area contributed by atoms with Gasteiger partial charge in [0.15, 0.2) is 0 Å². The Hall–Kier alpha value is -2.57. The van der Waals surface area contributed by atoms with Gasteiger partial charge < -0.3 is 10.4 Å². The van der Waals surface area contributed by atoms with Crippen molar-refractivity contribution in [2.24, 2.45) is 0 Å². The van der Waals surface area contributed by atoms with Crippen LogP contribution >= 0.6 is 0 Å². The molecule has 2 aromatic carbocycles. The van der Waals surface area contributed by atoms with E-state index in [2.05, 4.69) is 5.32 Å². The summed E-state index contributed by atoms with van der Waals surface area (Å²) in [5, 5.41) is 11.7. The molecule has 1 amide bonds. The predicted octanol–water partition coefficient (Wildman–Crippen LogP) is 3.80. The maximum Gasteiger partial charge on any atom is 0.416 e. The second-order valence-electron chi connectivity index (χ2n) is 4.19. The normalized spacial score (nSPS) is 11.2. The number of alkyl halides is 3. The van der Waals surface area contributed by atoms with Gasteiger partial charge in [-0.05, 0) is 36.4 Å². The zero-order chi connectivity index (χ0) is 15.6. The van der Waals surface area contributed by atoms with Crippen LogP contribution < -0.4 is 5.32 Å². The first-order valence-corrected chi connectivity index (χ1v) is 5.74. The summed E-state index contributed by atoms with van der Waals surface area (Å²) in [6, 6.07) is 6.63. The summed E-state index contributed by atoms with van der Waals surface area (Å²) in [4.78, 5) is 11.8. The molecule has 0 bridgehead atoms. The highest BCUT2D eigenvalue weighted by Crippen LogP contribution is 2.30. The first kappa shape index (κ1) is 14.8. The number of nitrogens with one attached hydrogen (secondary N) is 1. The third-order valence-corrected chi connectivity index (χ3v) is 2.67. The number of hydrogen-bond acceptors (Lipinski definition) is 2. The first-order valence-electron chi connectivity index (χ1n) is 5.74. The Morgan fingerprint density at radius 2 is 1.67 bits per heavy atom. The molecule has 2 N–H and O–H groups in total. The van der Waals surface area contributed by atoms with Crippen molar-refractivity contribution >= 4 is 11.6 Å². The highest BCUT2D eigenvalue weighted by atomic mass is 19.4. The molecule has 2 aromatic rings. The van der Waals surface area contributed by atoms with Gasteiger partial charge in [-0.1, -0.05) is 0 Å². The second-order valence-corrected chi connectivity index (χ2v) is 4.19. The first-order chi connectivity index (χ1) is 9.77. The van der Waals surface area contributed by atoms with Crippen molar-refractivity contribution in [3.05, 3.63) is 59.4 Å². The van der Waals surface area contributed by atoms with Crippen molar-refractivity contribution in [2.75, 3.05) is 5.32 Å². The molecule has 2 rings (SSSR count). The van der Waals surface area contributed by atoms with Gasteiger partial charge in [0.1, 0.15) is 11.6 Å². The Bertz CT molecular complexity index is 666. The van der Waals surface area contributed by atoms with Crippen LogP contribution in [-0.2, 0) is 6.18 Å². The maximum atomic E-state index is 12.8. The Morgan fingerprint density at radius 1 is 1.05 bits per heavy atom. The summed E-state index contributed by atoms with van der Waals surface area (Å²) in [5.74, 6) is -2.02. The van der Waals surface area contributed by atoms with E-state index in [1.165, 1.54) is 0 Å². The molecule has 0 unspecified atom stereocenters. The average Bonchev–Trinajstić information content (AvgIpc) is 2.38. The van der Waals surface area contributed by atoms with Crippen LogP contribution in [0.5, 0.6) is 5.75 Å². The van der Waals surface area contributed by atoms with Crippen LogP contribution in [0.4, 0.5) is 23.2 Å². The topological polar surface area (TPSA) is 49.3 Å². The molecular formula is C14H9F4NO2. The van der Waals surface area contributed by atoms with Crippen LogP contribution in [0.15, 0.2) is 42.5 Å². The standard InChI is InChI=1S/C14H9F4NO2/c15-9-3-6-11(12(20)7-9)13(21)19-10-4-1-8(2-5-10)14(16,17)18/h1-7,20H,(H,19,21). The SMILES string of the molecule is O=C(Nc1ccc(C(F)(F)F)cc1)c1ccc(F)cc1O. The van der Waals surface area contributed by atoms with Crippen molar-refractivity contribution in [1.29, 1.82) is 0 Å². The fourth-order valence-electron chi connectivity index (χ4n) is 1.64. The van der Waals surface area contributed by atoms with Crippen molar-refractivity contribution in [3.8, 4) is 5.75 Å². The molecule has 0 saturated heterocycles. The number of hydrogen-bond donors (Lipinski definition) is 2. The van der Waals surface area contributed by atoms with E-state index in [4.69, 9.17) is 0 Å². The summed E-state index contributed by atoms with van der Waals surface area (Å²) in [5.41, 5.74) is -0.904. The third kappa shape index (κ3) is 3.50. The lowest BCUT2D eigenvalue weighted by Crippen LogP contribution is -2.12. The molecule has 0 aliphatic carbocycles. The van der Waals surface area contributed by atoms with Crippen molar-refractivity contribution in [3.63, 3.8) is 0 Å². The van der Waals surface area contributed by atoms with Crippen molar-refractivity contribution < 1.29 is 27.5 Å². The number of rotatable bonds is 2. The van der Waals surface area contributed by atoms with E-state index in [1.807, 2.05) is 0 Å². The lowest BCUT2D eigenvalue weighted by Gasteiger charge is -2.09. The van der Waals surface area contributed by atoms with Crippen LogP contribution in [0.2, 0.25) is 0 Å². The van der Waals surface area contributed by atoms with E-state index >= 15 is 0 Å². The Labute approximate surface area is 116 Å². The van der Waals surface area contributed by atoms with Gasteiger partial charge in [-0.2, -0.15) is 13.2 Å². The summed E-state index contributed by atoms with van der Waals surface area (Å²) in [6.07, 6.45) is -4.46. The molecule has 0 fully saturated rings. The molecule has 0 heterocycles. The van der Waals surface area contributed by atoms with Gasteiger partial charge in [-0.3, -0.25) is 4.79 Å². The quantitative estimate of drug-likeness (QED) is 0.829. The number of halogens is 4. The summed E-state index contributed by atoms with van der Waals surface area (Å²) >= 11 is 0. The van der Waals surface area contributed by atoms with Crippen molar-refractivity contribution in [1.82, 2.24) is 0 Å². The highest BCUT2D eigenvalue weighted by Gasteiger charge is 2.30. The van der Waals surface area contributed by atoms with Crippen LogP contribution in [0.3, 0.4) is 0 Å². The summed E-state index contributed by atoms with van der Waals surface area (Å²) < 4.78 is 49.9. The fraction of sp³-hybridized carbons (Fsp3) is 0.0714. The van der Waals surface area contributed by atoms with Gasteiger partial charge in [0, 0.05) is 11.8 Å². The molecule has 0 aliphatic heterocycles. The predicted molar refractivity (Wildman–Crippen MR) is 67.5 cm³/mol. The molecular weight excluding hydrogens is 290 g/mol. The lowest BCUT2D eigenvalue weighted by atomic mass is 10.1. The number of amides is 1.